The van der Waals surface area contributed by atoms with Crippen molar-refractivity contribution in [2.24, 2.45) is 0 Å². The SMILES string of the molecule is Cc1ccc(NC(=O)NC(C)c2ccc(Cl)cc2Cl)cc1F. The minimum absolute atomic E-state index is 0.319. The molecule has 0 saturated heterocycles. The molecule has 0 saturated carbocycles. The van der Waals surface area contributed by atoms with Crippen LogP contribution in [0.3, 0.4) is 0 Å². The minimum Gasteiger partial charge on any atom is -0.331 e. The normalized spacial score (nSPS) is 11.9. The molecule has 0 bridgehead atoms. The highest BCUT2D eigenvalue weighted by Gasteiger charge is 2.13. The lowest BCUT2D eigenvalue weighted by atomic mass is 10.1. The quantitative estimate of drug-likeness (QED) is 0.779. The van der Waals surface area contributed by atoms with E-state index in [1.807, 2.05) is 0 Å². The summed E-state index contributed by atoms with van der Waals surface area (Å²) in [4.78, 5) is 12.0. The van der Waals surface area contributed by atoms with Gasteiger partial charge in [0.25, 0.3) is 0 Å². The molecule has 22 heavy (non-hydrogen) atoms. The smallest absolute Gasteiger partial charge is 0.319 e. The van der Waals surface area contributed by atoms with Gasteiger partial charge in [-0.1, -0.05) is 35.3 Å². The highest BCUT2D eigenvalue weighted by Crippen LogP contribution is 2.26. The second-order valence-electron chi connectivity index (χ2n) is 4.95. The highest BCUT2D eigenvalue weighted by molar-refractivity contribution is 6.35. The van der Waals surface area contributed by atoms with E-state index >= 15 is 0 Å². The van der Waals surface area contributed by atoms with Gasteiger partial charge >= 0.3 is 6.03 Å². The number of benzene rings is 2. The van der Waals surface area contributed by atoms with Crippen LogP contribution in [0.5, 0.6) is 0 Å². The Kier molecular flexibility index (Phi) is 5.27. The Morgan fingerprint density at radius 1 is 1.18 bits per heavy atom. The molecule has 1 unspecified atom stereocenters. The van der Waals surface area contributed by atoms with Crippen LogP contribution in [0.1, 0.15) is 24.1 Å². The lowest BCUT2D eigenvalue weighted by molar-refractivity contribution is 0.249. The number of amides is 2. The molecule has 0 heterocycles. The van der Waals surface area contributed by atoms with Crippen molar-refractivity contribution >= 4 is 34.9 Å². The summed E-state index contributed by atoms with van der Waals surface area (Å²) < 4.78 is 13.4. The van der Waals surface area contributed by atoms with Gasteiger partial charge in [0.1, 0.15) is 5.82 Å². The van der Waals surface area contributed by atoms with Crippen LogP contribution in [0, 0.1) is 12.7 Å². The van der Waals surface area contributed by atoms with Crippen LogP contribution in [0.25, 0.3) is 0 Å². The zero-order valence-corrected chi connectivity index (χ0v) is 13.6. The van der Waals surface area contributed by atoms with E-state index < -0.39 is 6.03 Å². The third-order valence-corrected chi connectivity index (χ3v) is 3.77. The third-order valence-electron chi connectivity index (χ3n) is 3.21. The maximum atomic E-state index is 13.4. The van der Waals surface area contributed by atoms with Crippen molar-refractivity contribution in [2.45, 2.75) is 19.9 Å². The van der Waals surface area contributed by atoms with Gasteiger partial charge < -0.3 is 10.6 Å². The van der Waals surface area contributed by atoms with E-state index in [9.17, 15) is 9.18 Å². The number of aryl methyl sites for hydroxylation is 1. The van der Waals surface area contributed by atoms with Crippen LogP contribution in [0.15, 0.2) is 36.4 Å². The molecule has 2 aromatic rings. The minimum atomic E-state index is -0.443. The Bertz CT molecular complexity index is 707. The summed E-state index contributed by atoms with van der Waals surface area (Å²) in [6.45, 7) is 3.45. The molecule has 0 spiro atoms. The fourth-order valence-electron chi connectivity index (χ4n) is 1.96. The number of rotatable bonds is 3. The monoisotopic (exact) mass is 340 g/mol. The molecular formula is C16H15Cl2FN2O. The van der Waals surface area contributed by atoms with Crippen molar-refractivity contribution in [3.05, 3.63) is 63.4 Å². The van der Waals surface area contributed by atoms with Crippen LogP contribution < -0.4 is 10.6 Å². The summed E-state index contributed by atoms with van der Waals surface area (Å²) in [5.74, 6) is -0.369. The number of halogens is 3. The van der Waals surface area contributed by atoms with Gasteiger partial charge in [0.05, 0.1) is 6.04 Å². The number of nitrogens with one attached hydrogen (secondary N) is 2. The molecule has 0 aromatic heterocycles. The van der Waals surface area contributed by atoms with Crippen molar-refractivity contribution in [3.8, 4) is 0 Å². The topological polar surface area (TPSA) is 41.1 Å². The van der Waals surface area contributed by atoms with Gasteiger partial charge in [0.2, 0.25) is 0 Å². The van der Waals surface area contributed by atoms with E-state index in [0.717, 1.165) is 5.56 Å². The number of carbonyl (C=O) groups is 1. The van der Waals surface area contributed by atoms with Crippen LogP contribution in [-0.2, 0) is 0 Å². The number of carbonyl (C=O) groups excluding carboxylic acids is 1. The summed E-state index contributed by atoms with van der Waals surface area (Å²) in [5.41, 5.74) is 1.65. The van der Waals surface area contributed by atoms with Gasteiger partial charge in [-0.2, -0.15) is 0 Å². The third kappa shape index (κ3) is 4.12. The molecule has 0 aliphatic heterocycles. The first-order chi connectivity index (χ1) is 10.4. The van der Waals surface area contributed by atoms with Crippen molar-refractivity contribution in [2.75, 3.05) is 5.32 Å². The molecule has 0 aliphatic carbocycles. The number of urea groups is 1. The summed E-state index contributed by atoms with van der Waals surface area (Å²) in [6, 6.07) is 8.82. The summed E-state index contributed by atoms with van der Waals surface area (Å²) in [5, 5.41) is 6.32. The van der Waals surface area contributed by atoms with Crippen LogP contribution >= 0.6 is 23.2 Å². The van der Waals surface area contributed by atoms with E-state index in [4.69, 9.17) is 23.2 Å². The van der Waals surface area contributed by atoms with Gasteiger partial charge in [0.15, 0.2) is 0 Å². The lowest BCUT2D eigenvalue weighted by Crippen LogP contribution is -2.31. The second-order valence-corrected chi connectivity index (χ2v) is 5.79. The fraction of sp³-hybridized carbons (Fsp3) is 0.188. The number of anilines is 1. The summed E-state index contributed by atoms with van der Waals surface area (Å²) >= 11 is 11.9. The Morgan fingerprint density at radius 2 is 1.91 bits per heavy atom. The molecule has 2 amide bonds. The molecule has 2 rings (SSSR count). The molecule has 6 heteroatoms. The van der Waals surface area contributed by atoms with E-state index in [0.29, 0.717) is 21.3 Å². The molecule has 2 N–H and O–H groups in total. The van der Waals surface area contributed by atoms with Gasteiger partial charge in [-0.25, -0.2) is 9.18 Å². The molecule has 0 radical (unpaired) electrons. The van der Waals surface area contributed by atoms with E-state index in [1.54, 1.807) is 44.2 Å². The predicted octanol–water partition coefficient (Wildman–Crippen LogP) is 5.32. The molecule has 2 aromatic carbocycles. The average molecular weight is 341 g/mol. The summed E-state index contributed by atoms with van der Waals surface area (Å²) in [7, 11) is 0. The maximum absolute atomic E-state index is 13.4. The van der Waals surface area contributed by atoms with Gasteiger partial charge in [-0.3, -0.25) is 0 Å². The largest absolute Gasteiger partial charge is 0.331 e. The van der Waals surface area contributed by atoms with Crippen molar-refractivity contribution in [1.29, 1.82) is 0 Å². The van der Waals surface area contributed by atoms with Gasteiger partial charge in [-0.15, -0.1) is 0 Å². The lowest BCUT2D eigenvalue weighted by Gasteiger charge is -2.16. The fourth-order valence-corrected chi connectivity index (χ4v) is 2.54. The molecule has 0 fully saturated rings. The average Bonchev–Trinajstić information content (AvgIpc) is 2.42. The van der Waals surface area contributed by atoms with Crippen molar-refractivity contribution < 1.29 is 9.18 Å². The van der Waals surface area contributed by atoms with E-state index in [1.165, 1.54) is 6.07 Å². The van der Waals surface area contributed by atoms with E-state index in [-0.39, 0.29) is 11.9 Å². The Balaban J connectivity index is 2.03. The zero-order chi connectivity index (χ0) is 16.3. The standard InChI is InChI=1S/C16H15Cl2FN2O/c1-9-3-5-12(8-15(9)19)21-16(22)20-10(2)13-6-4-11(17)7-14(13)18/h3-8,10H,1-2H3,(H2,20,21,22). The number of hydrogen-bond donors (Lipinski definition) is 2. The van der Waals surface area contributed by atoms with Crippen molar-refractivity contribution in [3.63, 3.8) is 0 Å². The first-order valence-electron chi connectivity index (χ1n) is 6.65. The Labute approximate surface area is 138 Å². The summed E-state index contributed by atoms with van der Waals surface area (Å²) in [6.07, 6.45) is 0. The molecular weight excluding hydrogens is 326 g/mol. The maximum Gasteiger partial charge on any atom is 0.319 e. The van der Waals surface area contributed by atoms with Crippen LogP contribution in [-0.4, -0.2) is 6.03 Å². The Morgan fingerprint density at radius 3 is 2.55 bits per heavy atom. The van der Waals surface area contributed by atoms with Crippen molar-refractivity contribution in [1.82, 2.24) is 5.32 Å². The molecule has 3 nitrogen and oxygen atoms in total. The molecule has 116 valence electrons. The van der Waals surface area contributed by atoms with Gasteiger partial charge in [-0.05, 0) is 49.2 Å². The highest BCUT2D eigenvalue weighted by atomic mass is 35.5. The first-order valence-corrected chi connectivity index (χ1v) is 7.41. The van der Waals surface area contributed by atoms with Crippen LogP contribution in [0.4, 0.5) is 14.9 Å². The van der Waals surface area contributed by atoms with E-state index in [2.05, 4.69) is 10.6 Å². The molecule has 0 aliphatic rings. The Hall–Kier alpha value is -1.78. The molecule has 1 atom stereocenters. The zero-order valence-electron chi connectivity index (χ0n) is 12.1. The number of hydrogen-bond acceptors (Lipinski definition) is 1. The second kappa shape index (κ2) is 6.99. The first kappa shape index (κ1) is 16.6. The predicted molar refractivity (Wildman–Crippen MR) is 88.2 cm³/mol. The van der Waals surface area contributed by atoms with Gasteiger partial charge in [0, 0.05) is 15.7 Å². The van der Waals surface area contributed by atoms with Crippen LogP contribution in [0.2, 0.25) is 10.0 Å².